The maximum atomic E-state index is 13.3. The standard InChI is InChI=1S/C20H21ClFN3O3/c1-13(8-16(22)14(2)21)28-10-17(26)24-19-5-6-20(11-19,12-19)25-18(27)15-4-3-7-23-9-15/h3-4,7-9H,1-2,5-6,10-12H2,(H,24,26)(H,25,27)/b16-8+. The molecule has 2 bridgehead atoms. The first-order valence-electron chi connectivity index (χ1n) is 8.80. The van der Waals surface area contributed by atoms with Crippen molar-refractivity contribution in [1.29, 1.82) is 0 Å². The molecule has 0 aromatic carbocycles. The van der Waals surface area contributed by atoms with Crippen LogP contribution in [0.4, 0.5) is 4.39 Å². The van der Waals surface area contributed by atoms with E-state index in [1.807, 2.05) is 0 Å². The van der Waals surface area contributed by atoms with Crippen LogP contribution in [0.5, 0.6) is 0 Å². The summed E-state index contributed by atoms with van der Waals surface area (Å²) in [6, 6.07) is 3.42. The second-order valence-corrected chi connectivity index (χ2v) is 7.77. The lowest BCUT2D eigenvalue weighted by Crippen LogP contribution is -2.64. The third-order valence-electron chi connectivity index (χ3n) is 5.08. The van der Waals surface area contributed by atoms with E-state index < -0.39 is 5.83 Å². The van der Waals surface area contributed by atoms with Crippen molar-refractivity contribution in [2.24, 2.45) is 0 Å². The first kappa shape index (κ1) is 20.1. The number of pyridine rings is 1. The van der Waals surface area contributed by atoms with Gasteiger partial charge < -0.3 is 15.4 Å². The van der Waals surface area contributed by atoms with Gasteiger partial charge in [-0.15, -0.1) is 0 Å². The van der Waals surface area contributed by atoms with E-state index >= 15 is 0 Å². The maximum absolute atomic E-state index is 13.3. The van der Waals surface area contributed by atoms with E-state index in [1.54, 1.807) is 18.3 Å². The monoisotopic (exact) mass is 405 g/mol. The number of halogens is 2. The predicted octanol–water partition coefficient (Wildman–Crippen LogP) is 3.13. The zero-order valence-corrected chi connectivity index (χ0v) is 16.0. The Balaban J connectivity index is 1.47. The first-order chi connectivity index (χ1) is 13.2. The summed E-state index contributed by atoms with van der Waals surface area (Å²) in [5.41, 5.74) is -0.121. The number of hydrogen-bond acceptors (Lipinski definition) is 4. The molecule has 148 valence electrons. The molecule has 0 aliphatic heterocycles. The molecule has 1 aromatic rings. The van der Waals surface area contributed by atoms with E-state index in [0.29, 0.717) is 18.4 Å². The molecule has 3 fully saturated rings. The van der Waals surface area contributed by atoms with Crippen LogP contribution in [0.25, 0.3) is 0 Å². The minimum atomic E-state index is -0.769. The van der Waals surface area contributed by atoms with Crippen molar-refractivity contribution in [3.8, 4) is 0 Å². The van der Waals surface area contributed by atoms with Crippen molar-refractivity contribution in [2.75, 3.05) is 6.61 Å². The molecular formula is C20H21ClFN3O3. The molecular weight excluding hydrogens is 385 g/mol. The SMILES string of the molecule is C=C(/C=C(/F)C(=C)Cl)OCC(=O)NC12CCC(NC(=O)c3cccnc3)(C1)C2. The van der Waals surface area contributed by atoms with Gasteiger partial charge in [0, 0.05) is 29.5 Å². The van der Waals surface area contributed by atoms with Gasteiger partial charge in [-0.1, -0.05) is 24.8 Å². The Morgan fingerprint density at radius 1 is 1.29 bits per heavy atom. The van der Waals surface area contributed by atoms with Gasteiger partial charge >= 0.3 is 0 Å². The lowest BCUT2D eigenvalue weighted by molar-refractivity contribution is -0.127. The Labute approximate surface area is 167 Å². The zero-order chi connectivity index (χ0) is 20.4. The Bertz CT molecular complexity index is 848. The number of allylic oxidation sites excluding steroid dienone is 3. The quantitative estimate of drug-likeness (QED) is 0.514. The lowest BCUT2D eigenvalue weighted by Gasteiger charge is -2.48. The van der Waals surface area contributed by atoms with Crippen molar-refractivity contribution in [3.05, 3.63) is 65.9 Å². The summed E-state index contributed by atoms with van der Waals surface area (Å²) in [5, 5.41) is 5.77. The fourth-order valence-corrected chi connectivity index (χ4v) is 3.99. The summed E-state index contributed by atoms with van der Waals surface area (Å²) in [4.78, 5) is 28.5. The smallest absolute Gasteiger partial charge is 0.258 e. The fraction of sp³-hybridized carbons (Fsp3) is 0.350. The highest BCUT2D eigenvalue weighted by molar-refractivity contribution is 6.31. The molecule has 28 heavy (non-hydrogen) atoms. The number of carbonyl (C=O) groups is 2. The van der Waals surface area contributed by atoms with Gasteiger partial charge in [0.05, 0.1) is 10.6 Å². The van der Waals surface area contributed by atoms with Gasteiger partial charge in [0.15, 0.2) is 6.61 Å². The number of fused-ring (bicyclic) bond motifs is 1. The van der Waals surface area contributed by atoms with Crippen LogP contribution < -0.4 is 10.6 Å². The summed E-state index contributed by atoms with van der Waals surface area (Å²) in [6.07, 6.45) is 7.00. The maximum Gasteiger partial charge on any atom is 0.258 e. The molecule has 3 aliphatic carbocycles. The highest BCUT2D eigenvalue weighted by Crippen LogP contribution is 2.55. The normalized spacial score (nSPS) is 25.4. The van der Waals surface area contributed by atoms with E-state index in [9.17, 15) is 14.0 Å². The topological polar surface area (TPSA) is 80.3 Å². The number of amides is 2. The van der Waals surface area contributed by atoms with Crippen LogP contribution in [0.15, 0.2) is 60.4 Å². The molecule has 0 radical (unpaired) electrons. The van der Waals surface area contributed by atoms with Crippen LogP contribution in [0.3, 0.4) is 0 Å². The average Bonchev–Trinajstić information content (AvgIpc) is 3.15. The highest BCUT2D eigenvalue weighted by Gasteiger charge is 2.62. The number of nitrogens with one attached hydrogen (secondary N) is 2. The largest absolute Gasteiger partial charge is 0.484 e. The van der Waals surface area contributed by atoms with Gasteiger partial charge in [0.2, 0.25) is 0 Å². The zero-order valence-electron chi connectivity index (χ0n) is 15.3. The highest BCUT2D eigenvalue weighted by atomic mass is 35.5. The van der Waals surface area contributed by atoms with Crippen LogP contribution in [-0.4, -0.2) is 34.5 Å². The molecule has 8 heteroatoms. The minimum absolute atomic E-state index is 0.0231. The predicted molar refractivity (Wildman–Crippen MR) is 103 cm³/mol. The van der Waals surface area contributed by atoms with Crippen molar-refractivity contribution in [1.82, 2.24) is 15.6 Å². The van der Waals surface area contributed by atoms with Gasteiger partial charge in [-0.3, -0.25) is 14.6 Å². The number of ether oxygens (including phenoxy) is 1. The Hall–Kier alpha value is -2.67. The van der Waals surface area contributed by atoms with E-state index in [1.165, 1.54) is 6.20 Å². The van der Waals surface area contributed by atoms with Gasteiger partial charge in [-0.25, -0.2) is 4.39 Å². The molecule has 0 atom stereocenters. The minimum Gasteiger partial charge on any atom is -0.484 e. The average molecular weight is 406 g/mol. The Morgan fingerprint density at radius 3 is 2.57 bits per heavy atom. The third kappa shape index (κ3) is 4.42. The summed E-state index contributed by atoms with van der Waals surface area (Å²) >= 11 is 5.41. The van der Waals surface area contributed by atoms with Crippen LogP contribution in [-0.2, 0) is 9.53 Å². The van der Waals surface area contributed by atoms with E-state index in [4.69, 9.17) is 16.3 Å². The first-order valence-corrected chi connectivity index (χ1v) is 9.18. The number of nitrogens with zero attached hydrogens (tertiary/aromatic N) is 1. The molecule has 2 amide bonds. The lowest BCUT2D eigenvalue weighted by atomic mass is 9.71. The molecule has 3 saturated carbocycles. The van der Waals surface area contributed by atoms with Crippen molar-refractivity contribution in [3.63, 3.8) is 0 Å². The van der Waals surface area contributed by atoms with Crippen molar-refractivity contribution in [2.45, 2.75) is 36.8 Å². The Morgan fingerprint density at radius 2 is 1.96 bits per heavy atom. The van der Waals surface area contributed by atoms with Crippen molar-refractivity contribution >= 4 is 23.4 Å². The van der Waals surface area contributed by atoms with Crippen LogP contribution >= 0.6 is 11.6 Å². The fourth-order valence-electron chi connectivity index (χ4n) is 3.94. The van der Waals surface area contributed by atoms with E-state index in [-0.39, 0.29) is 40.3 Å². The van der Waals surface area contributed by atoms with Crippen molar-refractivity contribution < 1.29 is 18.7 Å². The number of carbonyl (C=O) groups excluding carboxylic acids is 2. The second-order valence-electron chi connectivity index (χ2n) is 7.31. The summed E-state index contributed by atoms with van der Waals surface area (Å²) in [5.74, 6) is -1.28. The molecule has 4 rings (SSSR count). The molecule has 0 spiro atoms. The van der Waals surface area contributed by atoms with Gasteiger partial charge in [-0.05, 0) is 37.8 Å². The third-order valence-corrected chi connectivity index (χ3v) is 5.26. The molecule has 3 aliphatic rings. The summed E-state index contributed by atoms with van der Waals surface area (Å²) in [7, 11) is 0. The molecule has 1 aromatic heterocycles. The number of rotatable bonds is 8. The molecule has 0 unspecified atom stereocenters. The Kier molecular flexibility index (Phi) is 5.56. The van der Waals surface area contributed by atoms with Crippen LogP contribution in [0.1, 0.15) is 36.0 Å². The van der Waals surface area contributed by atoms with E-state index in [2.05, 4.69) is 28.8 Å². The van der Waals surface area contributed by atoms with Gasteiger partial charge in [0.25, 0.3) is 11.8 Å². The molecule has 6 nitrogen and oxygen atoms in total. The number of aromatic nitrogens is 1. The van der Waals surface area contributed by atoms with Crippen LogP contribution in [0.2, 0.25) is 0 Å². The van der Waals surface area contributed by atoms with Crippen LogP contribution in [0, 0.1) is 0 Å². The molecule has 2 N–H and O–H groups in total. The second kappa shape index (κ2) is 7.75. The number of hydrogen-bond donors (Lipinski definition) is 2. The summed E-state index contributed by atoms with van der Waals surface area (Å²) in [6.45, 7) is 6.47. The van der Waals surface area contributed by atoms with Gasteiger partial charge in [-0.2, -0.15) is 0 Å². The molecule has 0 saturated heterocycles. The summed E-state index contributed by atoms with van der Waals surface area (Å²) < 4.78 is 18.5. The molecule has 1 heterocycles. The van der Waals surface area contributed by atoms with E-state index in [0.717, 1.165) is 18.9 Å². The van der Waals surface area contributed by atoms with Gasteiger partial charge in [0.1, 0.15) is 11.6 Å².